The normalized spacial score (nSPS) is 23.2. The van der Waals surface area contributed by atoms with Crippen LogP contribution in [-0.2, 0) is 37.0 Å². The Labute approximate surface area is 165 Å². The summed E-state index contributed by atoms with van der Waals surface area (Å²) in [6.07, 6.45) is -1.77. The van der Waals surface area contributed by atoms with Gasteiger partial charge in [0.05, 0.1) is 36.9 Å². The number of carbonyl (C=O) groups excluding carboxylic acids is 1. The van der Waals surface area contributed by atoms with Crippen LogP contribution in [0.1, 0.15) is 25.0 Å². The number of carbonyl (C=O) groups is 1. The van der Waals surface area contributed by atoms with Crippen LogP contribution in [0, 0.1) is 10.1 Å². The van der Waals surface area contributed by atoms with E-state index in [1.165, 1.54) is 19.2 Å². The van der Waals surface area contributed by atoms with Gasteiger partial charge in [0.15, 0.2) is 17.7 Å². The lowest BCUT2D eigenvalue weighted by Crippen LogP contribution is -2.33. The second-order valence-corrected chi connectivity index (χ2v) is 6.90. The zero-order chi connectivity index (χ0) is 21.3. The Balaban J connectivity index is 1.85. The molecule has 0 radical (unpaired) electrons. The molecule has 11 heteroatoms. The summed E-state index contributed by atoms with van der Waals surface area (Å²) in [6.45, 7) is 2.70. The highest BCUT2D eigenvalue weighted by Gasteiger charge is 2.47. The Morgan fingerprint density at radius 1 is 1.34 bits per heavy atom. The maximum absolute atomic E-state index is 11.8. The molecule has 0 saturated carbocycles. The molecule has 0 bridgehead atoms. The van der Waals surface area contributed by atoms with E-state index in [0.29, 0.717) is 5.56 Å². The molecule has 0 aromatic heterocycles. The molecule has 1 aromatic rings. The molecule has 2 aliphatic rings. The first kappa shape index (κ1) is 20.8. The van der Waals surface area contributed by atoms with Crippen LogP contribution in [0.4, 0.5) is 5.69 Å². The van der Waals surface area contributed by atoms with Crippen molar-refractivity contribution < 1.29 is 43.6 Å². The molecule has 11 nitrogen and oxygen atoms in total. The number of nitro benzene ring substituents is 1. The van der Waals surface area contributed by atoms with Gasteiger partial charge in [-0.05, 0) is 19.9 Å². The fraction of sp³-hybridized carbons (Fsp3) is 0.500. The molecule has 29 heavy (non-hydrogen) atoms. The number of rotatable bonds is 7. The van der Waals surface area contributed by atoms with Gasteiger partial charge in [-0.25, -0.2) is 4.79 Å². The van der Waals surface area contributed by atoms with E-state index in [1.54, 1.807) is 13.8 Å². The molecular formula is C18H21NO10. The number of methoxy groups -OCH3 is 1. The van der Waals surface area contributed by atoms with Crippen molar-refractivity contribution in [3.63, 3.8) is 0 Å². The largest absolute Gasteiger partial charge is 0.499 e. The Hall–Kier alpha value is -2.89. The van der Waals surface area contributed by atoms with Crippen molar-refractivity contribution in [2.75, 3.05) is 13.7 Å². The fourth-order valence-corrected chi connectivity index (χ4v) is 3.14. The Bertz CT molecular complexity index is 862. The summed E-state index contributed by atoms with van der Waals surface area (Å²) in [7, 11) is 1.33. The van der Waals surface area contributed by atoms with Gasteiger partial charge in [0.1, 0.15) is 18.5 Å². The van der Waals surface area contributed by atoms with Gasteiger partial charge in [0.2, 0.25) is 5.76 Å². The molecule has 3 rings (SSSR count). The van der Waals surface area contributed by atoms with Crippen molar-refractivity contribution in [2.24, 2.45) is 0 Å². The maximum Gasteiger partial charge on any atom is 0.378 e. The summed E-state index contributed by atoms with van der Waals surface area (Å²) >= 11 is 0. The first-order valence-corrected chi connectivity index (χ1v) is 8.70. The number of hydrogen-bond acceptors (Lipinski definition) is 10. The number of ether oxygens (including phenoxy) is 5. The van der Waals surface area contributed by atoms with Crippen LogP contribution < -0.4 is 4.74 Å². The SMILES string of the molecule is COc1cc([N+](=O)[O-])c(COC2=C(O)C(=O)OC2C2COC(C)(C)O2)cc1CO. The molecule has 2 aliphatic heterocycles. The Morgan fingerprint density at radius 3 is 2.62 bits per heavy atom. The van der Waals surface area contributed by atoms with Crippen LogP contribution in [0.3, 0.4) is 0 Å². The minimum Gasteiger partial charge on any atom is -0.499 e. The Kier molecular flexibility index (Phi) is 5.64. The Morgan fingerprint density at radius 2 is 2.07 bits per heavy atom. The second-order valence-electron chi connectivity index (χ2n) is 6.90. The average molecular weight is 411 g/mol. The number of cyclic esters (lactones) is 1. The van der Waals surface area contributed by atoms with Gasteiger partial charge < -0.3 is 33.9 Å². The van der Waals surface area contributed by atoms with Gasteiger partial charge in [-0.15, -0.1) is 0 Å². The van der Waals surface area contributed by atoms with E-state index < -0.39 is 41.3 Å². The summed E-state index contributed by atoms with van der Waals surface area (Å²) in [4.78, 5) is 22.6. The summed E-state index contributed by atoms with van der Waals surface area (Å²) in [5.74, 6) is -2.66. The van der Waals surface area contributed by atoms with E-state index in [9.17, 15) is 25.1 Å². The molecule has 0 amide bonds. The third-order valence-corrected chi connectivity index (χ3v) is 4.52. The van der Waals surface area contributed by atoms with Crippen LogP contribution >= 0.6 is 0 Å². The third kappa shape index (κ3) is 4.11. The summed E-state index contributed by atoms with van der Waals surface area (Å²) in [5, 5.41) is 30.9. The smallest absolute Gasteiger partial charge is 0.378 e. The topological polar surface area (TPSA) is 147 Å². The van der Waals surface area contributed by atoms with Gasteiger partial charge >= 0.3 is 5.97 Å². The van der Waals surface area contributed by atoms with E-state index in [-0.39, 0.29) is 36.0 Å². The van der Waals surface area contributed by atoms with Crippen LogP contribution in [0.2, 0.25) is 0 Å². The predicted molar refractivity (Wildman–Crippen MR) is 94.8 cm³/mol. The highest BCUT2D eigenvalue weighted by atomic mass is 16.8. The first-order valence-electron chi connectivity index (χ1n) is 8.70. The van der Waals surface area contributed by atoms with E-state index in [0.717, 1.165) is 0 Å². The van der Waals surface area contributed by atoms with Crippen molar-refractivity contribution in [2.45, 2.75) is 45.1 Å². The lowest BCUT2D eigenvalue weighted by atomic mass is 10.1. The van der Waals surface area contributed by atoms with E-state index in [2.05, 4.69) is 0 Å². The van der Waals surface area contributed by atoms with E-state index >= 15 is 0 Å². The molecule has 1 saturated heterocycles. The standard InChI is InChI=1S/C18H21NO10/c1-18(2)27-8-13(29-18)15-16(14(21)17(22)28-15)26-7-10-4-9(6-20)12(25-3)5-11(10)19(23)24/h4-5,13,15,20-21H,6-8H2,1-3H3. The van der Waals surface area contributed by atoms with Gasteiger partial charge in [0, 0.05) is 5.56 Å². The zero-order valence-corrected chi connectivity index (χ0v) is 16.0. The number of nitro groups is 1. The van der Waals surface area contributed by atoms with Crippen molar-refractivity contribution >= 4 is 11.7 Å². The van der Waals surface area contributed by atoms with Gasteiger partial charge in [-0.2, -0.15) is 0 Å². The van der Waals surface area contributed by atoms with Crippen molar-refractivity contribution in [1.82, 2.24) is 0 Å². The van der Waals surface area contributed by atoms with Crippen LogP contribution in [0.25, 0.3) is 0 Å². The van der Waals surface area contributed by atoms with E-state index in [1.807, 2.05) is 0 Å². The van der Waals surface area contributed by atoms with Gasteiger partial charge in [0.25, 0.3) is 5.69 Å². The van der Waals surface area contributed by atoms with E-state index in [4.69, 9.17) is 23.7 Å². The summed E-state index contributed by atoms with van der Waals surface area (Å²) < 4.78 is 26.8. The van der Waals surface area contributed by atoms with Gasteiger partial charge in [-0.1, -0.05) is 0 Å². The van der Waals surface area contributed by atoms with Crippen molar-refractivity contribution in [1.29, 1.82) is 0 Å². The summed E-state index contributed by atoms with van der Waals surface area (Å²) in [6, 6.07) is 2.53. The molecular weight excluding hydrogens is 390 g/mol. The van der Waals surface area contributed by atoms with Crippen molar-refractivity contribution in [3.8, 4) is 5.75 Å². The van der Waals surface area contributed by atoms with Crippen LogP contribution in [0.5, 0.6) is 5.75 Å². The molecule has 158 valence electrons. The molecule has 1 fully saturated rings. The monoisotopic (exact) mass is 411 g/mol. The highest BCUT2D eigenvalue weighted by Crippen LogP contribution is 2.35. The van der Waals surface area contributed by atoms with Crippen LogP contribution in [0.15, 0.2) is 23.7 Å². The molecule has 2 N–H and O–H groups in total. The number of aliphatic hydroxyl groups excluding tert-OH is 2. The molecule has 2 unspecified atom stereocenters. The fourth-order valence-electron chi connectivity index (χ4n) is 3.14. The zero-order valence-electron chi connectivity index (χ0n) is 16.0. The molecule has 0 spiro atoms. The lowest BCUT2D eigenvalue weighted by Gasteiger charge is -2.22. The second kappa shape index (κ2) is 7.85. The number of aliphatic hydroxyl groups is 2. The summed E-state index contributed by atoms with van der Waals surface area (Å²) in [5.41, 5.74) is 0.129. The molecule has 1 aromatic carbocycles. The maximum atomic E-state index is 11.8. The number of esters is 1. The van der Waals surface area contributed by atoms with Gasteiger partial charge in [-0.3, -0.25) is 10.1 Å². The number of benzene rings is 1. The van der Waals surface area contributed by atoms with Crippen LogP contribution in [-0.4, -0.2) is 52.8 Å². The van der Waals surface area contributed by atoms with Crippen molar-refractivity contribution in [3.05, 3.63) is 44.9 Å². The third-order valence-electron chi connectivity index (χ3n) is 4.52. The average Bonchev–Trinajstić information content (AvgIpc) is 3.18. The number of hydrogen-bond donors (Lipinski definition) is 2. The minimum atomic E-state index is -1.06. The number of nitrogens with zero attached hydrogens (tertiary/aromatic N) is 1. The first-order chi connectivity index (χ1) is 13.7. The quantitative estimate of drug-likeness (QED) is 0.384. The minimum absolute atomic E-state index is 0.0996. The molecule has 2 atom stereocenters. The molecule has 0 aliphatic carbocycles. The lowest BCUT2D eigenvalue weighted by molar-refractivity contribution is -0.386. The predicted octanol–water partition coefficient (Wildman–Crippen LogP) is 1.46. The molecule has 2 heterocycles. The highest BCUT2D eigenvalue weighted by molar-refractivity contribution is 5.89.